The fourth-order valence-corrected chi connectivity index (χ4v) is 3.42. The van der Waals surface area contributed by atoms with Crippen LogP contribution in [0.3, 0.4) is 0 Å². The van der Waals surface area contributed by atoms with Gasteiger partial charge in [0.1, 0.15) is 5.82 Å². The number of methoxy groups -OCH3 is 1. The summed E-state index contributed by atoms with van der Waals surface area (Å²) in [6.07, 6.45) is 2.81. The summed E-state index contributed by atoms with van der Waals surface area (Å²) in [7, 11) is 1.67. The third kappa shape index (κ3) is 7.15. The lowest BCUT2D eigenvalue weighted by molar-refractivity contribution is 0.294. The number of halogens is 1. The molecule has 1 aliphatic rings. The fourth-order valence-electron chi connectivity index (χ4n) is 3.42. The Balaban J connectivity index is 0.00000341. The minimum Gasteiger partial charge on any atom is -0.493 e. The van der Waals surface area contributed by atoms with E-state index in [0.29, 0.717) is 13.2 Å². The van der Waals surface area contributed by atoms with Crippen molar-refractivity contribution in [2.75, 3.05) is 51.3 Å². The van der Waals surface area contributed by atoms with Gasteiger partial charge in [-0.3, -0.25) is 0 Å². The standard InChI is InChI=1S/C23H33N5O2.HI/c1-4-16-30-20-10-9-19(17-21(20)29-3)18-26-23(24-5-2)28-14-12-27(13-15-28)22-8-6-7-11-25-22;/h6-11,17H,4-5,12-16,18H2,1-3H3,(H,24,26);1H. The van der Waals surface area contributed by atoms with Crippen molar-refractivity contribution in [1.82, 2.24) is 15.2 Å². The first-order valence-corrected chi connectivity index (χ1v) is 10.7. The van der Waals surface area contributed by atoms with Crippen molar-refractivity contribution in [3.05, 3.63) is 48.2 Å². The maximum atomic E-state index is 5.75. The Labute approximate surface area is 202 Å². The maximum Gasteiger partial charge on any atom is 0.194 e. The third-order valence-corrected chi connectivity index (χ3v) is 4.99. The molecule has 1 saturated heterocycles. The number of rotatable bonds is 8. The van der Waals surface area contributed by atoms with Crippen LogP contribution in [0.1, 0.15) is 25.8 Å². The van der Waals surface area contributed by atoms with E-state index in [2.05, 4.69) is 46.1 Å². The van der Waals surface area contributed by atoms with Crippen LogP contribution in [0.5, 0.6) is 11.5 Å². The summed E-state index contributed by atoms with van der Waals surface area (Å²) in [5, 5.41) is 3.43. The van der Waals surface area contributed by atoms with Crippen molar-refractivity contribution in [3.63, 3.8) is 0 Å². The Morgan fingerprint density at radius 2 is 1.90 bits per heavy atom. The highest BCUT2D eigenvalue weighted by Crippen LogP contribution is 2.28. The molecule has 0 spiro atoms. The van der Waals surface area contributed by atoms with Crippen LogP contribution in [0.25, 0.3) is 0 Å². The van der Waals surface area contributed by atoms with Crippen molar-refractivity contribution in [3.8, 4) is 11.5 Å². The molecule has 1 N–H and O–H groups in total. The summed E-state index contributed by atoms with van der Waals surface area (Å²) in [6, 6.07) is 12.1. The number of pyridine rings is 1. The lowest BCUT2D eigenvalue weighted by atomic mass is 10.2. The summed E-state index contributed by atoms with van der Waals surface area (Å²) in [5.41, 5.74) is 1.10. The van der Waals surface area contributed by atoms with Gasteiger partial charge in [-0.1, -0.05) is 19.1 Å². The van der Waals surface area contributed by atoms with E-state index in [-0.39, 0.29) is 24.0 Å². The van der Waals surface area contributed by atoms with E-state index in [0.717, 1.165) is 68.0 Å². The number of hydrogen-bond acceptors (Lipinski definition) is 5. The van der Waals surface area contributed by atoms with Crippen LogP contribution < -0.4 is 19.7 Å². The van der Waals surface area contributed by atoms with Gasteiger partial charge >= 0.3 is 0 Å². The zero-order valence-electron chi connectivity index (χ0n) is 18.7. The number of hydrogen-bond donors (Lipinski definition) is 1. The SMILES string of the molecule is CCCOc1ccc(CN=C(NCC)N2CCN(c3ccccn3)CC2)cc1OC.I. The second-order valence-corrected chi connectivity index (χ2v) is 7.17. The fraction of sp³-hybridized carbons (Fsp3) is 0.478. The number of anilines is 1. The molecule has 2 aromatic rings. The molecule has 0 unspecified atom stereocenters. The smallest absolute Gasteiger partial charge is 0.194 e. The average Bonchev–Trinajstić information content (AvgIpc) is 2.81. The number of benzene rings is 1. The number of guanidine groups is 1. The third-order valence-electron chi connectivity index (χ3n) is 4.99. The molecule has 3 rings (SSSR count). The largest absolute Gasteiger partial charge is 0.493 e. The van der Waals surface area contributed by atoms with Crippen molar-refractivity contribution in [2.45, 2.75) is 26.8 Å². The molecular formula is C23H34IN5O2. The molecule has 0 saturated carbocycles. The lowest BCUT2D eigenvalue weighted by Gasteiger charge is -2.37. The van der Waals surface area contributed by atoms with Gasteiger partial charge in [-0.25, -0.2) is 9.98 Å². The molecular weight excluding hydrogens is 505 g/mol. The number of nitrogens with zero attached hydrogens (tertiary/aromatic N) is 4. The van der Waals surface area contributed by atoms with E-state index in [1.165, 1.54) is 0 Å². The van der Waals surface area contributed by atoms with Crippen LogP contribution in [0.15, 0.2) is 47.6 Å². The van der Waals surface area contributed by atoms with Crippen molar-refractivity contribution >= 4 is 35.8 Å². The summed E-state index contributed by atoms with van der Waals surface area (Å²) < 4.78 is 11.2. The minimum atomic E-state index is 0. The van der Waals surface area contributed by atoms with E-state index in [9.17, 15) is 0 Å². The van der Waals surface area contributed by atoms with Gasteiger partial charge in [0, 0.05) is 38.9 Å². The minimum absolute atomic E-state index is 0. The molecule has 0 radical (unpaired) electrons. The molecule has 8 heteroatoms. The molecule has 0 aliphatic carbocycles. The molecule has 0 amide bonds. The Hall–Kier alpha value is -2.23. The van der Waals surface area contributed by atoms with Gasteiger partial charge in [0.2, 0.25) is 0 Å². The maximum absolute atomic E-state index is 5.75. The van der Waals surface area contributed by atoms with Gasteiger partial charge in [0.15, 0.2) is 17.5 Å². The van der Waals surface area contributed by atoms with Gasteiger partial charge in [0.25, 0.3) is 0 Å². The molecule has 1 aromatic carbocycles. The highest BCUT2D eigenvalue weighted by Gasteiger charge is 2.20. The molecule has 1 aromatic heterocycles. The van der Waals surface area contributed by atoms with Gasteiger partial charge in [0.05, 0.1) is 20.3 Å². The van der Waals surface area contributed by atoms with Crippen LogP contribution >= 0.6 is 24.0 Å². The number of piperazine rings is 1. The Morgan fingerprint density at radius 1 is 1.10 bits per heavy atom. The quantitative estimate of drug-likeness (QED) is 0.313. The highest BCUT2D eigenvalue weighted by atomic mass is 127. The molecule has 1 aliphatic heterocycles. The van der Waals surface area contributed by atoms with E-state index in [1.807, 2.05) is 30.5 Å². The molecule has 0 atom stereocenters. The zero-order chi connectivity index (χ0) is 21.2. The van der Waals surface area contributed by atoms with E-state index in [4.69, 9.17) is 14.5 Å². The highest BCUT2D eigenvalue weighted by molar-refractivity contribution is 14.0. The second kappa shape index (κ2) is 13.2. The number of ether oxygens (including phenoxy) is 2. The lowest BCUT2D eigenvalue weighted by Crippen LogP contribution is -2.52. The summed E-state index contributed by atoms with van der Waals surface area (Å²) >= 11 is 0. The Kier molecular flexibility index (Phi) is 10.7. The molecule has 31 heavy (non-hydrogen) atoms. The van der Waals surface area contributed by atoms with Crippen molar-refractivity contribution in [1.29, 1.82) is 0 Å². The Morgan fingerprint density at radius 3 is 2.55 bits per heavy atom. The predicted octanol–water partition coefficient (Wildman–Crippen LogP) is 3.78. The molecule has 2 heterocycles. The van der Waals surface area contributed by atoms with Crippen LogP contribution in [0, 0.1) is 0 Å². The van der Waals surface area contributed by atoms with E-state index >= 15 is 0 Å². The van der Waals surface area contributed by atoms with Crippen LogP contribution in [0.4, 0.5) is 5.82 Å². The molecule has 1 fully saturated rings. The van der Waals surface area contributed by atoms with Gasteiger partial charge in [-0.2, -0.15) is 0 Å². The van der Waals surface area contributed by atoms with Gasteiger partial charge < -0.3 is 24.6 Å². The van der Waals surface area contributed by atoms with Gasteiger partial charge in [-0.15, -0.1) is 24.0 Å². The summed E-state index contributed by atoms with van der Waals surface area (Å²) in [5.74, 6) is 3.52. The van der Waals surface area contributed by atoms with Crippen LogP contribution in [-0.2, 0) is 6.54 Å². The van der Waals surface area contributed by atoms with Gasteiger partial charge in [-0.05, 0) is 43.2 Å². The Bertz CT molecular complexity index is 811. The first-order chi connectivity index (χ1) is 14.7. The molecule has 0 bridgehead atoms. The molecule has 170 valence electrons. The van der Waals surface area contributed by atoms with E-state index in [1.54, 1.807) is 7.11 Å². The summed E-state index contributed by atoms with van der Waals surface area (Å²) in [6.45, 7) is 9.99. The second-order valence-electron chi connectivity index (χ2n) is 7.17. The monoisotopic (exact) mass is 539 g/mol. The zero-order valence-corrected chi connectivity index (χ0v) is 21.0. The number of aromatic nitrogens is 1. The summed E-state index contributed by atoms with van der Waals surface area (Å²) in [4.78, 5) is 14.0. The first-order valence-electron chi connectivity index (χ1n) is 10.7. The molecule has 7 nitrogen and oxygen atoms in total. The van der Waals surface area contributed by atoms with Crippen molar-refractivity contribution < 1.29 is 9.47 Å². The normalized spacial score (nSPS) is 14.1. The predicted molar refractivity (Wildman–Crippen MR) is 137 cm³/mol. The average molecular weight is 539 g/mol. The first kappa shape index (κ1) is 25.0. The van der Waals surface area contributed by atoms with Crippen LogP contribution in [-0.4, -0.2) is 62.3 Å². The van der Waals surface area contributed by atoms with E-state index < -0.39 is 0 Å². The van der Waals surface area contributed by atoms with Crippen LogP contribution in [0.2, 0.25) is 0 Å². The van der Waals surface area contributed by atoms with Crippen molar-refractivity contribution in [2.24, 2.45) is 4.99 Å². The number of aliphatic imine (C=N–C) groups is 1. The number of nitrogens with one attached hydrogen (secondary N) is 1. The topological polar surface area (TPSA) is 62.2 Å².